The highest BCUT2D eigenvalue weighted by Crippen LogP contribution is 2.11. The first kappa shape index (κ1) is 9.63. The van der Waals surface area contributed by atoms with Gasteiger partial charge in [0.2, 0.25) is 5.91 Å². The molecule has 0 radical (unpaired) electrons. The van der Waals surface area contributed by atoms with Crippen LogP contribution in [-0.4, -0.2) is 17.7 Å². The number of rotatable bonds is 3. The third-order valence-electron chi connectivity index (χ3n) is 1.39. The molecule has 0 heterocycles. The monoisotopic (exact) mass is 184 g/mol. The van der Waals surface area contributed by atoms with Crippen molar-refractivity contribution in [2.45, 2.75) is 0 Å². The van der Waals surface area contributed by atoms with E-state index in [0.29, 0.717) is 0 Å². The molecule has 0 aromatic heterocycles. The van der Waals surface area contributed by atoms with Gasteiger partial charge in [0.1, 0.15) is 12.4 Å². The molecular weight excluding hydrogens is 175 g/mol. The summed E-state index contributed by atoms with van der Waals surface area (Å²) in [5, 5.41) is 10.5. The van der Waals surface area contributed by atoms with Crippen LogP contribution in [0.3, 0.4) is 0 Å². The number of halogens is 1. The first-order valence-electron chi connectivity index (χ1n) is 3.65. The van der Waals surface area contributed by atoms with Gasteiger partial charge in [-0.25, -0.2) is 4.39 Å². The zero-order chi connectivity index (χ0) is 9.68. The number of hydrogen-bond acceptors (Lipinski definition) is 3. The Kier molecular flexibility index (Phi) is 3.36. The molecule has 0 aliphatic carbocycles. The minimum absolute atomic E-state index is 0.0998. The molecule has 70 valence electrons. The number of amides is 1. The molecule has 13 heavy (non-hydrogen) atoms. The normalized spacial score (nSPS) is 9.69. The molecule has 0 aliphatic rings. The van der Waals surface area contributed by atoms with Crippen molar-refractivity contribution in [3.8, 4) is 0 Å². The van der Waals surface area contributed by atoms with Gasteiger partial charge >= 0.3 is 0 Å². The van der Waals surface area contributed by atoms with Crippen LogP contribution >= 0.6 is 0 Å². The van der Waals surface area contributed by atoms with Crippen molar-refractivity contribution in [2.24, 2.45) is 0 Å². The molecule has 0 spiro atoms. The number of anilines is 1. The van der Waals surface area contributed by atoms with Gasteiger partial charge < -0.3 is 10.5 Å². The molecule has 3 N–H and O–H groups in total. The van der Waals surface area contributed by atoms with Crippen LogP contribution in [0.25, 0.3) is 0 Å². The average Bonchev–Trinajstić information content (AvgIpc) is 2.09. The largest absolute Gasteiger partial charge is 0.322 e. The van der Waals surface area contributed by atoms with E-state index in [1.165, 1.54) is 18.2 Å². The van der Waals surface area contributed by atoms with Crippen LogP contribution in [0.2, 0.25) is 0 Å². The second-order valence-electron chi connectivity index (χ2n) is 2.36. The number of nitrogens with one attached hydrogen (secondary N) is 2. The van der Waals surface area contributed by atoms with Gasteiger partial charge in [0.25, 0.3) is 0 Å². The fourth-order valence-electron chi connectivity index (χ4n) is 0.829. The van der Waals surface area contributed by atoms with E-state index in [9.17, 15) is 9.18 Å². The van der Waals surface area contributed by atoms with Crippen LogP contribution in [0.4, 0.5) is 10.1 Å². The second kappa shape index (κ2) is 4.54. The van der Waals surface area contributed by atoms with Gasteiger partial charge in [-0.1, -0.05) is 12.1 Å². The molecule has 0 unspecified atom stereocenters. The van der Waals surface area contributed by atoms with Gasteiger partial charge in [-0.3, -0.25) is 4.79 Å². The Labute approximate surface area is 74.3 Å². The summed E-state index contributed by atoms with van der Waals surface area (Å²) in [5.41, 5.74) is 1.77. The highest BCUT2D eigenvalue weighted by molar-refractivity contribution is 5.92. The maximum Gasteiger partial charge on any atom is 0.240 e. The lowest BCUT2D eigenvalue weighted by Crippen LogP contribution is -2.25. The molecule has 0 aliphatic heterocycles. The average molecular weight is 184 g/mol. The minimum atomic E-state index is -0.507. The smallest absolute Gasteiger partial charge is 0.240 e. The molecule has 1 rings (SSSR count). The lowest BCUT2D eigenvalue weighted by molar-refractivity contribution is -0.116. The number of carbonyl (C=O) groups excluding carboxylic acids is 1. The van der Waals surface area contributed by atoms with Crippen molar-refractivity contribution >= 4 is 11.6 Å². The first-order chi connectivity index (χ1) is 6.24. The minimum Gasteiger partial charge on any atom is -0.322 e. The lowest BCUT2D eigenvalue weighted by atomic mass is 10.3. The van der Waals surface area contributed by atoms with Gasteiger partial charge in [0, 0.05) is 0 Å². The Hall–Kier alpha value is -1.46. The first-order valence-corrected chi connectivity index (χ1v) is 3.65. The zero-order valence-electron chi connectivity index (χ0n) is 6.75. The fraction of sp³-hybridized carbons (Fsp3) is 0.125. The topological polar surface area (TPSA) is 61.4 Å². The maximum absolute atomic E-state index is 12.9. The number of benzene rings is 1. The van der Waals surface area contributed by atoms with Crippen LogP contribution in [0.15, 0.2) is 24.3 Å². The molecule has 5 heteroatoms. The highest BCUT2D eigenvalue weighted by Gasteiger charge is 2.04. The van der Waals surface area contributed by atoms with Crippen LogP contribution in [0.1, 0.15) is 0 Å². The van der Waals surface area contributed by atoms with E-state index in [1.54, 1.807) is 11.5 Å². The Balaban J connectivity index is 2.63. The van der Waals surface area contributed by atoms with E-state index in [-0.39, 0.29) is 12.2 Å². The van der Waals surface area contributed by atoms with Crippen molar-refractivity contribution in [1.82, 2.24) is 5.48 Å². The van der Waals surface area contributed by atoms with Gasteiger partial charge in [-0.15, -0.1) is 0 Å². The van der Waals surface area contributed by atoms with Crippen molar-refractivity contribution in [3.05, 3.63) is 30.1 Å². The molecule has 0 bridgehead atoms. The maximum atomic E-state index is 12.9. The molecule has 0 saturated heterocycles. The second-order valence-corrected chi connectivity index (χ2v) is 2.36. The summed E-state index contributed by atoms with van der Waals surface area (Å²) in [4.78, 5) is 10.9. The number of carbonyl (C=O) groups is 1. The van der Waals surface area contributed by atoms with E-state index >= 15 is 0 Å². The van der Waals surface area contributed by atoms with Crippen molar-refractivity contribution in [3.63, 3.8) is 0 Å². The highest BCUT2D eigenvalue weighted by atomic mass is 19.1. The summed E-state index contributed by atoms with van der Waals surface area (Å²) in [5.74, 6) is -1.01. The van der Waals surface area contributed by atoms with Crippen LogP contribution in [0, 0.1) is 5.82 Å². The van der Waals surface area contributed by atoms with Crippen molar-refractivity contribution in [2.75, 3.05) is 11.9 Å². The van der Waals surface area contributed by atoms with E-state index in [4.69, 9.17) is 5.21 Å². The Morgan fingerprint density at radius 2 is 2.15 bits per heavy atom. The summed E-state index contributed by atoms with van der Waals surface area (Å²) in [6.45, 7) is -0.270. The third-order valence-corrected chi connectivity index (χ3v) is 1.39. The Bertz CT molecular complexity index is 304. The van der Waals surface area contributed by atoms with Crippen LogP contribution < -0.4 is 10.8 Å². The zero-order valence-corrected chi connectivity index (χ0v) is 6.75. The van der Waals surface area contributed by atoms with Gasteiger partial charge in [-0.05, 0) is 12.1 Å². The molecule has 0 saturated carbocycles. The molecule has 0 atom stereocenters. The third kappa shape index (κ3) is 2.81. The van der Waals surface area contributed by atoms with Crippen molar-refractivity contribution in [1.29, 1.82) is 0 Å². The summed E-state index contributed by atoms with van der Waals surface area (Å²) in [7, 11) is 0. The predicted octanol–water partition coefficient (Wildman–Crippen LogP) is 0.743. The summed E-state index contributed by atoms with van der Waals surface area (Å²) < 4.78 is 12.9. The van der Waals surface area contributed by atoms with E-state index in [0.717, 1.165) is 0 Å². The van der Waals surface area contributed by atoms with Crippen LogP contribution in [-0.2, 0) is 4.79 Å². The molecule has 1 aromatic carbocycles. The summed E-state index contributed by atoms with van der Waals surface area (Å²) >= 11 is 0. The molecule has 1 aromatic rings. The number of para-hydroxylation sites is 1. The van der Waals surface area contributed by atoms with Gasteiger partial charge in [0.05, 0.1) is 5.69 Å². The Morgan fingerprint density at radius 1 is 1.46 bits per heavy atom. The molecule has 1 amide bonds. The van der Waals surface area contributed by atoms with Crippen LogP contribution in [0.5, 0.6) is 0 Å². The standard InChI is InChI=1S/C8H9FN2O2/c9-6-3-1-2-4-7(6)11-8(12)5-10-13/h1-4,10,13H,5H2,(H,11,12). The number of hydroxylamine groups is 1. The molecule has 4 nitrogen and oxygen atoms in total. The SMILES string of the molecule is O=C(CNO)Nc1ccccc1F. The summed E-state index contributed by atoms with van der Waals surface area (Å²) in [6, 6.07) is 5.80. The van der Waals surface area contributed by atoms with E-state index < -0.39 is 11.7 Å². The van der Waals surface area contributed by atoms with Crippen molar-refractivity contribution < 1.29 is 14.4 Å². The molecule has 0 fully saturated rings. The fourth-order valence-corrected chi connectivity index (χ4v) is 0.829. The van der Waals surface area contributed by atoms with E-state index in [1.807, 2.05) is 0 Å². The predicted molar refractivity (Wildman–Crippen MR) is 44.8 cm³/mol. The van der Waals surface area contributed by atoms with Gasteiger partial charge in [-0.2, -0.15) is 5.48 Å². The van der Waals surface area contributed by atoms with Gasteiger partial charge in [0.15, 0.2) is 0 Å². The van der Waals surface area contributed by atoms with E-state index in [2.05, 4.69) is 5.32 Å². The number of hydrogen-bond donors (Lipinski definition) is 3. The summed E-state index contributed by atoms with van der Waals surface area (Å²) in [6.07, 6.45) is 0. The lowest BCUT2D eigenvalue weighted by Gasteiger charge is -2.04. The molecular formula is C8H9FN2O2. The quantitative estimate of drug-likeness (QED) is 0.607. The Morgan fingerprint density at radius 3 is 2.77 bits per heavy atom.